The fraction of sp³-hybridized carbons (Fsp3) is 0.318. The summed E-state index contributed by atoms with van der Waals surface area (Å²) in [4.78, 5) is 21.8. The standard InChI is InChI=1S/C22H24N4O3S.ClH/c1-25(2)12-5-13-26(21(27)16-8-6-15(14-23)7-9-16)22-24-19-17(28-3)10-11-18(29-4)20(19)30-22;/h6-11H,5,12-13H2,1-4H3;1H. The molecule has 0 aliphatic rings. The number of methoxy groups -OCH3 is 2. The van der Waals surface area contributed by atoms with E-state index in [4.69, 9.17) is 19.7 Å². The number of nitriles is 1. The molecule has 0 bridgehead atoms. The molecule has 0 atom stereocenters. The number of ether oxygens (including phenoxy) is 2. The van der Waals surface area contributed by atoms with Crippen LogP contribution in [-0.2, 0) is 0 Å². The summed E-state index contributed by atoms with van der Waals surface area (Å²) >= 11 is 1.40. The third-order valence-corrected chi connectivity index (χ3v) is 5.72. The Morgan fingerprint density at radius 1 is 1.06 bits per heavy atom. The predicted octanol–water partition coefficient (Wildman–Crippen LogP) is 4.21. The Balaban J connectivity index is 0.00000341. The predicted molar refractivity (Wildman–Crippen MR) is 126 cm³/mol. The molecule has 164 valence electrons. The van der Waals surface area contributed by atoms with Gasteiger partial charge in [-0.15, -0.1) is 12.4 Å². The number of anilines is 1. The highest BCUT2D eigenvalue weighted by Gasteiger charge is 2.23. The second-order valence-electron chi connectivity index (χ2n) is 6.95. The van der Waals surface area contributed by atoms with E-state index in [-0.39, 0.29) is 18.3 Å². The van der Waals surface area contributed by atoms with E-state index < -0.39 is 0 Å². The van der Waals surface area contributed by atoms with Crippen molar-refractivity contribution in [3.05, 3.63) is 47.5 Å². The first-order valence-corrected chi connectivity index (χ1v) is 10.3. The van der Waals surface area contributed by atoms with E-state index in [1.807, 2.05) is 26.2 Å². The number of fused-ring (bicyclic) bond motifs is 1. The fourth-order valence-corrected chi connectivity index (χ4v) is 4.16. The highest BCUT2D eigenvalue weighted by molar-refractivity contribution is 7.22. The molecule has 0 aliphatic carbocycles. The average molecular weight is 461 g/mol. The molecule has 3 aromatic rings. The highest BCUT2D eigenvalue weighted by Crippen LogP contribution is 2.40. The van der Waals surface area contributed by atoms with Crippen molar-refractivity contribution >= 4 is 45.0 Å². The molecule has 0 fully saturated rings. The van der Waals surface area contributed by atoms with Gasteiger partial charge < -0.3 is 14.4 Å². The highest BCUT2D eigenvalue weighted by atomic mass is 35.5. The molecule has 1 amide bonds. The number of halogens is 1. The monoisotopic (exact) mass is 460 g/mol. The zero-order chi connectivity index (χ0) is 21.7. The van der Waals surface area contributed by atoms with Crippen molar-refractivity contribution in [2.75, 3.05) is 46.3 Å². The third-order valence-electron chi connectivity index (χ3n) is 4.62. The zero-order valence-electron chi connectivity index (χ0n) is 17.9. The average Bonchev–Trinajstić information content (AvgIpc) is 3.20. The van der Waals surface area contributed by atoms with E-state index >= 15 is 0 Å². The molecular weight excluding hydrogens is 436 g/mol. The first-order valence-electron chi connectivity index (χ1n) is 9.46. The van der Waals surface area contributed by atoms with Crippen LogP contribution in [0.15, 0.2) is 36.4 Å². The second-order valence-corrected chi connectivity index (χ2v) is 7.92. The molecule has 1 heterocycles. The maximum Gasteiger partial charge on any atom is 0.260 e. The lowest BCUT2D eigenvalue weighted by Gasteiger charge is -2.21. The molecule has 7 nitrogen and oxygen atoms in total. The van der Waals surface area contributed by atoms with E-state index in [0.29, 0.717) is 39.8 Å². The Kier molecular flexibility index (Phi) is 8.63. The van der Waals surface area contributed by atoms with Crippen LogP contribution in [-0.4, -0.2) is 57.2 Å². The summed E-state index contributed by atoms with van der Waals surface area (Å²) in [7, 11) is 7.20. The van der Waals surface area contributed by atoms with Crippen LogP contribution in [0.2, 0.25) is 0 Å². The molecule has 0 N–H and O–H groups in total. The number of amides is 1. The van der Waals surface area contributed by atoms with Gasteiger partial charge in [0.05, 0.1) is 25.9 Å². The third kappa shape index (κ3) is 5.44. The number of aromatic nitrogens is 1. The lowest BCUT2D eigenvalue weighted by atomic mass is 10.1. The van der Waals surface area contributed by atoms with Gasteiger partial charge in [-0.2, -0.15) is 5.26 Å². The van der Waals surface area contributed by atoms with Gasteiger partial charge >= 0.3 is 0 Å². The minimum atomic E-state index is -0.157. The number of rotatable bonds is 8. The van der Waals surface area contributed by atoms with Crippen LogP contribution in [0.4, 0.5) is 5.13 Å². The van der Waals surface area contributed by atoms with Crippen LogP contribution in [0, 0.1) is 11.3 Å². The van der Waals surface area contributed by atoms with Crippen LogP contribution in [0.5, 0.6) is 11.5 Å². The summed E-state index contributed by atoms with van der Waals surface area (Å²) in [5, 5.41) is 9.60. The van der Waals surface area contributed by atoms with Crippen LogP contribution in [0.1, 0.15) is 22.3 Å². The van der Waals surface area contributed by atoms with E-state index in [2.05, 4.69) is 11.0 Å². The molecule has 0 radical (unpaired) electrons. The van der Waals surface area contributed by atoms with Crippen LogP contribution >= 0.6 is 23.7 Å². The van der Waals surface area contributed by atoms with Crippen molar-refractivity contribution < 1.29 is 14.3 Å². The first kappa shape index (κ1) is 24.4. The maximum absolute atomic E-state index is 13.3. The fourth-order valence-electron chi connectivity index (χ4n) is 3.06. The SMILES string of the molecule is COc1ccc(OC)c2sc(N(CCCN(C)C)C(=O)c3ccc(C#N)cc3)nc12.Cl. The van der Waals surface area contributed by atoms with Crippen molar-refractivity contribution in [3.8, 4) is 17.6 Å². The van der Waals surface area contributed by atoms with E-state index in [1.165, 1.54) is 11.3 Å². The van der Waals surface area contributed by atoms with Gasteiger partial charge in [-0.05, 0) is 63.5 Å². The molecule has 9 heteroatoms. The van der Waals surface area contributed by atoms with Crippen LogP contribution in [0.25, 0.3) is 10.2 Å². The van der Waals surface area contributed by atoms with Gasteiger partial charge in [-0.25, -0.2) is 4.98 Å². The van der Waals surface area contributed by atoms with Crippen molar-refractivity contribution in [2.45, 2.75) is 6.42 Å². The smallest absolute Gasteiger partial charge is 0.260 e. The Hall–Kier alpha value is -2.86. The van der Waals surface area contributed by atoms with Crippen LogP contribution in [0.3, 0.4) is 0 Å². The summed E-state index contributed by atoms with van der Waals surface area (Å²) in [5.74, 6) is 1.16. The maximum atomic E-state index is 13.3. The number of carbonyl (C=O) groups excluding carboxylic acids is 1. The number of nitrogens with zero attached hydrogens (tertiary/aromatic N) is 4. The summed E-state index contributed by atoms with van der Waals surface area (Å²) in [6.45, 7) is 1.36. The molecule has 2 aromatic carbocycles. The van der Waals surface area contributed by atoms with Crippen LogP contribution < -0.4 is 14.4 Å². The van der Waals surface area contributed by atoms with Gasteiger partial charge in [0.1, 0.15) is 21.7 Å². The minimum absolute atomic E-state index is 0. The van der Waals surface area contributed by atoms with Crippen molar-refractivity contribution in [3.63, 3.8) is 0 Å². The molecular formula is C22H25ClN4O3S. The van der Waals surface area contributed by atoms with Crippen molar-refractivity contribution in [1.29, 1.82) is 5.26 Å². The Morgan fingerprint density at radius 2 is 1.71 bits per heavy atom. The van der Waals surface area contributed by atoms with E-state index in [9.17, 15) is 4.79 Å². The largest absolute Gasteiger partial charge is 0.495 e. The number of carbonyl (C=O) groups is 1. The van der Waals surface area contributed by atoms with Crippen molar-refractivity contribution in [1.82, 2.24) is 9.88 Å². The molecule has 1 aromatic heterocycles. The number of benzene rings is 2. The minimum Gasteiger partial charge on any atom is -0.495 e. The van der Waals surface area contributed by atoms with Crippen molar-refractivity contribution in [2.24, 2.45) is 0 Å². The topological polar surface area (TPSA) is 78.7 Å². The summed E-state index contributed by atoms with van der Waals surface area (Å²) in [6.07, 6.45) is 0.791. The van der Waals surface area contributed by atoms with Gasteiger partial charge in [0.2, 0.25) is 0 Å². The molecule has 3 rings (SSSR count). The molecule has 0 spiro atoms. The lowest BCUT2D eigenvalue weighted by molar-refractivity contribution is 0.0986. The molecule has 31 heavy (non-hydrogen) atoms. The normalized spacial score (nSPS) is 10.5. The first-order chi connectivity index (χ1) is 14.5. The molecule has 0 unspecified atom stereocenters. The second kappa shape index (κ2) is 11.0. The van der Waals surface area contributed by atoms with Gasteiger partial charge in [0, 0.05) is 12.1 Å². The summed E-state index contributed by atoms with van der Waals surface area (Å²) in [6, 6.07) is 12.4. The van der Waals surface area contributed by atoms with E-state index in [1.54, 1.807) is 43.4 Å². The molecule has 0 saturated heterocycles. The Morgan fingerprint density at radius 3 is 2.29 bits per heavy atom. The summed E-state index contributed by atoms with van der Waals surface area (Å²) in [5.41, 5.74) is 1.69. The number of hydrogen-bond acceptors (Lipinski definition) is 7. The zero-order valence-corrected chi connectivity index (χ0v) is 19.5. The lowest BCUT2D eigenvalue weighted by Crippen LogP contribution is -2.33. The Labute approximate surface area is 192 Å². The van der Waals surface area contributed by atoms with Gasteiger partial charge in [-0.1, -0.05) is 11.3 Å². The number of thiazole rings is 1. The van der Waals surface area contributed by atoms with Gasteiger partial charge in [-0.3, -0.25) is 9.69 Å². The molecule has 0 aliphatic heterocycles. The van der Waals surface area contributed by atoms with Gasteiger partial charge in [0.25, 0.3) is 5.91 Å². The number of hydrogen-bond donors (Lipinski definition) is 0. The Bertz CT molecular complexity index is 1040. The van der Waals surface area contributed by atoms with Gasteiger partial charge in [0.15, 0.2) is 5.13 Å². The summed E-state index contributed by atoms with van der Waals surface area (Å²) < 4.78 is 11.8. The quantitative estimate of drug-likeness (QED) is 0.501. The molecule has 0 saturated carbocycles. The van der Waals surface area contributed by atoms with E-state index in [0.717, 1.165) is 17.7 Å².